The number of hydrogen-bond acceptors (Lipinski definition) is 6. The molecule has 0 spiro atoms. The third-order valence-electron chi connectivity index (χ3n) is 2.82. The fourth-order valence-corrected chi connectivity index (χ4v) is 2.34. The van der Waals surface area contributed by atoms with Crippen molar-refractivity contribution in [1.29, 1.82) is 0 Å². The Morgan fingerprint density at radius 2 is 1.95 bits per heavy atom. The molecule has 7 heteroatoms. The van der Waals surface area contributed by atoms with E-state index in [2.05, 4.69) is 10.1 Å². The Bertz CT molecular complexity index is 731. The highest BCUT2D eigenvalue weighted by atomic mass is 32.2. The van der Waals surface area contributed by atoms with E-state index in [9.17, 15) is 13.2 Å². The van der Waals surface area contributed by atoms with Gasteiger partial charge in [-0.05, 0) is 30.3 Å². The van der Waals surface area contributed by atoms with E-state index >= 15 is 0 Å². The first-order chi connectivity index (χ1) is 9.90. The van der Waals surface area contributed by atoms with Gasteiger partial charge in [-0.2, -0.15) is 0 Å². The molecule has 2 aromatic rings. The number of esters is 1. The van der Waals surface area contributed by atoms with Gasteiger partial charge in [-0.15, -0.1) is 0 Å². The van der Waals surface area contributed by atoms with Gasteiger partial charge < -0.3 is 14.5 Å². The van der Waals surface area contributed by atoms with Crippen LogP contribution in [0.2, 0.25) is 0 Å². The van der Waals surface area contributed by atoms with E-state index in [0.717, 1.165) is 11.9 Å². The number of sulfone groups is 1. The number of methoxy groups -OCH3 is 1. The molecule has 1 N–H and O–H groups in total. The number of benzene rings is 1. The molecule has 0 saturated carbocycles. The summed E-state index contributed by atoms with van der Waals surface area (Å²) >= 11 is 0. The highest BCUT2D eigenvalue weighted by Crippen LogP contribution is 2.16. The molecule has 0 saturated heterocycles. The summed E-state index contributed by atoms with van der Waals surface area (Å²) < 4.78 is 32.5. The SMILES string of the molecule is COC(=O)c1coc(CNc2ccc(S(C)(=O)=O)cc2)c1. The molecule has 1 heterocycles. The molecule has 0 bridgehead atoms. The second-order valence-corrected chi connectivity index (χ2v) is 6.46. The molecule has 0 aliphatic carbocycles. The smallest absolute Gasteiger partial charge is 0.341 e. The molecule has 0 amide bonds. The number of rotatable bonds is 5. The van der Waals surface area contributed by atoms with Crippen LogP contribution in [0.4, 0.5) is 5.69 Å². The molecule has 0 aliphatic rings. The fourth-order valence-electron chi connectivity index (χ4n) is 1.71. The predicted molar refractivity (Wildman–Crippen MR) is 76.9 cm³/mol. The summed E-state index contributed by atoms with van der Waals surface area (Å²) in [6.07, 6.45) is 2.49. The monoisotopic (exact) mass is 309 g/mol. The molecule has 21 heavy (non-hydrogen) atoms. The maximum atomic E-state index is 11.3. The largest absolute Gasteiger partial charge is 0.467 e. The first-order valence-electron chi connectivity index (χ1n) is 6.10. The topological polar surface area (TPSA) is 85.6 Å². The van der Waals surface area contributed by atoms with E-state index < -0.39 is 15.8 Å². The summed E-state index contributed by atoms with van der Waals surface area (Å²) in [5.41, 5.74) is 1.10. The van der Waals surface area contributed by atoms with Gasteiger partial charge in [0.2, 0.25) is 0 Å². The molecule has 6 nitrogen and oxygen atoms in total. The van der Waals surface area contributed by atoms with E-state index in [1.54, 1.807) is 18.2 Å². The Labute approximate surface area is 122 Å². The van der Waals surface area contributed by atoms with Crippen molar-refractivity contribution < 1.29 is 22.4 Å². The lowest BCUT2D eigenvalue weighted by molar-refractivity contribution is 0.0600. The van der Waals surface area contributed by atoms with E-state index in [1.165, 1.54) is 25.5 Å². The summed E-state index contributed by atoms with van der Waals surface area (Å²) in [6, 6.07) is 7.98. The van der Waals surface area contributed by atoms with Crippen molar-refractivity contribution in [3.05, 3.63) is 47.9 Å². The summed E-state index contributed by atoms with van der Waals surface area (Å²) in [5, 5.41) is 3.07. The molecule has 1 aromatic carbocycles. The van der Waals surface area contributed by atoms with E-state index in [4.69, 9.17) is 4.42 Å². The van der Waals surface area contributed by atoms with Gasteiger partial charge >= 0.3 is 5.97 Å². The van der Waals surface area contributed by atoms with Gasteiger partial charge in [-0.25, -0.2) is 13.2 Å². The van der Waals surface area contributed by atoms with Crippen molar-refractivity contribution in [2.24, 2.45) is 0 Å². The van der Waals surface area contributed by atoms with Crippen LogP contribution in [0.1, 0.15) is 16.1 Å². The van der Waals surface area contributed by atoms with Crippen molar-refractivity contribution in [2.45, 2.75) is 11.4 Å². The van der Waals surface area contributed by atoms with Crippen molar-refractivity contribution in [3.63, 3.8) is 0 Å². The first-order valence-corrected chi connectivity index (χ1v) is 7.99. The third kappa shape index (κ3) is 3.85. The first kappa shape index (κ1) is 15.1. The maximum absolute atomic E-state index is 11.3. The van der Waals surface area contributed by atoms with Crippen molar-refractivity contribution in [2.75, 3.05) is 18.7 Å². The van der Waals surface area contributed by atoms with Gasteiger partial charge in [0.1, 0.15) is 12.0 Å². The molecule has 112 valence electrons. The molecular weight excluding hydrogens is 294 g/mol. The highest BCUT2D eigenvalue weighted by molar-refractivity contribution is 7.90. The number of anilines is 1. The molecule has 0 fully saturated rings. The number of carbonyl (C=O) groups excluding carboxylic acids is 1. The Kier molecular flexibility index (Phi) is 4.32. The fraction of sp³-hybridized carbons (Fsp3) is 0.214. The zero-order chi connectivity index (χ0) is 15.5. The number of furan rings is 1. The average Bonchev–Trinajstić information content (AvgIpc) is 2.92. The van der Waals surface area contributed by atoms with Crippen LogP contribution in [0.3, 0.4) is 0 Å². The third-order valence-corrected chi connectivity index (χ3v) is 3.95. The van der Waals surface area contributed by atoms with Crippen molar-refractivity contribution >= 4 is 21.5 Å². The van der Waals surface area contributed by atoms with Crippen molar-refractivity contribution in [1.82, 2.24) is 0 Å². The number of carbonyl (C=O) groups is 1. The van der Waals surface area contributed by atoms with E-state index in [1.807, 2.05) is 0 Å². The molecule has 0 unspecified atom stereocenters. The van der Waals surface area contributed by atoms with Crippen LogP contribution in [-0.4, -0.2) is 27.8 Å². The zero-order valence-electron chi connectivity index (χ0n) is 11.6. The van der Waals surface area contributed by atoms with Crippen LogP contribution < -0.4 is 5.32 Å². The molecule has 0 aliphatic heterocycles. The van der Waals surface area contributed by atoms with Gasteiger partial charge in [-0.1, -0.05) is 0 Å². The van der Waals surface area contributed by atoms with Gasteiger partial charge in [-0.3, -0.25) is 0 Å². The number of nitrogens with one attached hydrogen (secondary N) is 1. The second kappa shape index (κ2) is 6.01. The van der Waals surface area contributed by atoms with E-state index in [0.29, 0.717) is 17.9 Å². The predicted octanol–water partition coefficient (Wildman–Crippen LogP) is 2.08. The molecular formula is C14H15NO5S. The van der Waals surface area contributed by atoms with Gasteiger partial charge in [0.05, 0.1) is 24.1 Å². The van der Waals surface area contributed by atoms with Crippen LogP contribution in [-0.2, 0) is 21.1 Å². The van der Waals surface area contributed by atoms with Crippen LogP contribution >= 0.6 is 0 Å². The van der Waals surface area contributed by atoms with Crippen LogP contribution in [0.15, 0.2) is 45.9 Å². The lowest BCUT2D eigenvalue weighted by Crippen LogP contribution is -2.01. The second-order valence-electron chi connectivity index (χ2n) is 4.44. The minimum absolute atomic E-state index is 0.263. The molecule has 0 radical (unpaired) electrons. The van der Waals surface area contributed by atoms with Crippen LogP contribution in [0.5, 0.6) is 0 Å². The Hall–Kier alpha value is -2.28. The number of hydrogen-bond donors (Lipinski definition) is 1. The van der Waals surface area contributed by atoms with Gasteiger partial charge in [0.25, 0.3) is 0 Å². The lowest BCUT2D eigenvalue weighted by Gasteiger charge is -2.05. The van der Waals surface area contributed by atoms with Crippen molar-refractivity contribution in [3.8, 4) is 0 Å². The Morgan fingerprint density at radius 3 is 2.52 bits per heavy atom. The van der Waals surface area contributed by atoms with E-state index in [-0.39, 0.29) is 4.90 Å². The van der Waals surface area contributed by atoms with Crippen LogP contribution in [0, 0.1) is 0 Å². The highest BCUT2D eigenvalue weighted by Gasteiger charge is 2.10. The minimum Gasteiger partial charge on any atom is -0.467 e. The summed E-state index contributed by atoms with van der Waals surface area (Å²) in [6.45, 7) is 0.370. The molecule has 1 aromatic heterocycles. The summed E-state index contributed by atoms with van der Waals surface area (Å²) in [4.78, 5) is 11.5. The lowest BCUT2D eigenvalue weighted by atomic mass is 10.3. The van der Waals surface area contributed by atoms with Gasteiger partial charge in [0, 0.05) is 11.9 Å². The molecule has 0 atom stereocenters. The minimum atomic E-state index is -3.19. The summed E-state index contributed by atoms with van der Waals surface area (Å²) in [7, 11) is -1.89. The summed E-state index contributed by atoms with van der Waals surface area (Å²) in [5.74, 6) is 0.116. The standard InChI is InChI=1S/C14H15NO5S/c1-19-14(16)10-7-12(20-9-10)8-15-11-3-5-13(6-4-11)21(2,17)18/h3-7,9,15H,8H2,1-2H3. The van der Waals surface area contributed by atoms with Gasteiger partial charge in [0.15, 0.2) is 9.84 Å². The van der Waals surface area contributed by atoms with Crippen LogP contribution in [0.25, 0.3) is 0 Å². The Balaban J connectivity index is 2.00. The molecule has 2 rings (SSSR count). The number of ether oxygens (including phenoxy) is 1. The maximum Gasteiger partial charge on any atom is 0.341 e. The quantitative estimate of drug-likeness (QED) is 0.851. The normalized spacial score (nSPS) is 11.1. The Morgan fingerprint density at radius 1 is 1.29 bits per heavy atom. The zero-order valence-corrected chi connectivity index (χ0v) is 12.4. The average molecular weight is 309 g/mol.